The van der Waals surface area contributed by atoms with Gasteiger partial charge in [0.25, 0.3) is 5.91 Å². The van der Waals surface area contributed by atoms with Crippen LogP contribution in [0.3, 0.4) is 0 Å². The summed E-state index contributed by atoms with van der Waals surface area (Å²) in [5, 5.41) is 9.39. The Balaban J connectivity index is 1.88. The van der Waals surface area contributed by atoms with E-state index in [-0.39, 0.29) is 18.9 Å². The number of amides is 1. The molecule has 0 bridgehead atoms. The van der Waals surface area contributed by atoms with Crippen molar-refractivity contribution in [2.24, 2.45) is 0 Å². The first-order valence-electron chi connectivity index (χ1n) is 9.46. The highest BCUT2D eigenvalue weighted by Crippen LogP contribution is 2.34. The standard InChI is InChI=1S/C23H21N3O3S/c1-16(22(27)26(2)15-9-14-24)29-23(28)20-19(17-10-5-3-6-11-17)25-21(30-20)18-12-7-4-8-13-18/h3-8,10-13,16H,9,15H2,1-2H3/t16-/m0/s1. The van der Waals surface area contributed by atoms with Crippen molar-refractivity contribution in [3.63, 3.8) is 0 Å². The van der Waals surface area contributed by atoms with E-state index in [9.17, 15) is 9.59 Å². The van der Waals surface area contributed by atoms with E-state index in [1.807, 2.05) is 66.7 Å². The lowest BCUT2D eigenvalue weighted by Gasteiger charge is -2.20. The third-order valence-corrected chi connectivity index (χ3v) is 5.53. The zero-order valence-electron chi connectivity index (χ0n) is 16.7. The fourth-order valence-electron chi connectivity index (χ4n) is 2.86. The van der Waals surface area contributed by atoms with Gasteiger partial charge in [-0.3, -0.25) is 4.79 Å². The van der Waals surface area contributed by atoms with E-state index in [1.54, 1.807) is 7.05 Å². The van der Waals surface area contributed by atoms with E-state index >= 15 is 0 Å². The Morgan fingerprint density at radius 1 is 1.10 bits per heavy atom. The fraction of sp³-hybridized carbons (Fsp3) is 0.217. The molecule has 1 heterocycles. The number of carbonyl (C=O) groups is 2. The SMILES string of the molecule is C[C@H](OC(=O)c1sc(-c2ccccc2)nc1-c1ccccc1)C(=O)N(C)CCC#N. The summed E-state index contributed by atoms with van der Waals surface area (Å²) >= 11 is 1.24. The van der Waals surface area contributed by atoms with Crippen LogP contribution >= 0.6 is 11.3 Å². The molecule has 0 aliphatic heterocycles. The maximum atomic E-state index is 13.0. The molecule has 0 unspecified atom stereocenters. The van der Waals surface area contributed by atoms with Crippen LogP contribution in [0.4, 0.5) is 0 Å². The normalized spacial score (nSPS) is 11.4. The van der Waals surface area contributed by atoms with Gasteiger partial charge < -0.3 is 9.64 Å². The van der Waals surface area contributed by atoms with Gasteiger partial charge in [0.15, 0.2) is 6.10 Å². The lowest BCUT2D eigenvalue weighted by atomic mass is 10.1. The minimum absolute atomic E-state index is 0.219. The molecule has 3 rings (SSSR count). The number of aromatic nitrogens is 1. The molecule has 0 aliphatic carbocycles. The minimum Gasteiger partial charge on any atom is -0.448 e. The summed E-state index contributed by atoms with van der Waals surface area (Å²) in [6.07, 6.45) is -0.747. The average molecular weight is 420 g/mol. The number of hydrogen-bond acceptors (Lipinski definition) is 6. The fourth-order valence-corrected chi connectivity index (χ4v) is 3.83. The average Bonchev–Trinajstić information content (AvgIpc) is 3.24. The number of hydrogen-bond donors (Lipinski definition) is 0. The second kappa shape index (κ2) is 9.81. The summed E-state index contributed by atoms with van der Waals surface area (Å²) in [5.74, 6) is -0.948. The first kappa shape index (κ1) is 21.2. The number of esters is 1. The van der Waals surface area contributed by atoms with Gasteiger partial charge in [-0.2, -0.15) is 5.26 Å². The molecule has 3 aromatic rings. The molecular formula is C23H21N3O3S. The number of thiazole rings is 1. The molecular weight excluding hydrogens is 398 g/mol. The number of nitrogens with zero attached hydrogens (tertiary/aromatic N) is 3. The predicted molar refractivity (Wildman–Crippen MR) is 116 cm³/mol. The van der Waals surface area contributed by atoms with Gasteiger partial charge in [0.05, 0.1) is 18.2 Å². The van der Waals surface area contributed by atoms with Crippen LogP contribution in [0, 0.1) is 11.3 Å². The van der Waals surface area contributed by atoms with Crippen molar-refractivity contribution < 1.29 is 14.3 Å². The van der Waals surface area contributed by atoms with Gasteiger partial charge in [-0.1, -0.05) is 60.7 Å². The summed E-state index contributed by atoms with van der Waals surface area (Å²) in [6.45, 7) is 1.82. The van der Waals surface area contributed by atoms with E-state index in [1.165, 1.54) is 23.2 Å². The molecule has 6 nitrogen and oxygen atoms in total. The second-order valence-electron chi connectivity index (χ2n) is 6.64. The Bertz CT molecular complexity index is 1060. The number of nitriles is 1. The van der Waals surface area contributed by atoms with Crippen molar-refractivity contribution in [3.05, 3.63) is 65.5 Å². The van der Waals surface area contributed by atoms with Gasteiger partial charge in [-0.05, 0) is 6.92 Å². The Morgan fingerprint density at radius 3 is 2.30 bits per heavy atom. The van der Waals surface area contributed by atoms with Crippen LogP contribution in [0.1, 0.15) is 23.0 Å². The monoisotopic (exact) mass is 419 g/mol. The maximum Gasteiger partial charge on any atom is 0.351 e. The van der Waals surface area contributed by atoms with Gasteiger partial charge in [0.1, 0.15) is 9.88 Å². The smallest absolute Gasteiger partial charge is 0.351 e. The van der Waals surface area contributed by atoms with Crippen molar-refractivity contribution >= 4 is 23.2 Å². The summed E-state index contributed by atoms with van der Waals surface area (Å²) < 4.78 is 5.47. The zero-order valence-corrected chi connectivity index (χ0v) is 17.6. The molecule has 0 aliphatic rings. The van der Waals surface area contributed by atoms with Crippen molar-refractivity contribution in [1.82, 2.24) is 9.88 Å². The Kier molecular flexibility index (Phi) is 6.94. The molecule has 0 fully saturated rings. The molecule has 1 atom stereocenters. The third-order valence-electron chi connectivity index (χ3n) is 4.45. The van der Waals surface area contributed by atoms with E-state index in [2.05, 4.69) is 4.98 Å². The van der Waals surface area contributed by atoms with Crippen LogP contribution < -0.4 is 0 Å². The van der Waals surface area contributed by atoms with E-state index in [4.69, 9.17) is 10.00 Å². The second-order valence-corrected chi connectivity index (χ2v) is 7.64. The number of ether oxygens (including phenoxy) is 1. The minimum atomic E-state index is -0.966. The Labute approximate surface area is 179 Å². The van der Waals surface area contributed by atoms with Crippen LogP contribution in [0.15, 0.2) is 60.7 Å². The van der Waals surface area contributed by atoms with Gasteiger partial charge >= 0.3 is 5.97 Å². The highest BCUT2D eigenvalue weighted by Gasteiger charge is 2.26. The van der Waals surface area contributed by atoms with Crippen molar-refractivity contribution in [1.29, 1.82) is 5.26 Å². The molecule has 1 aromatic heterocycles. The molecule has 152 valence electrons. The van der Waals surface area contributed by atoms with E-state index < -0.39 is 12.1 Å². The zero-order chi connectivity index (χ0) is 21.5. The summed E-state index contributed by atoms with van der Waals surface area (Å²) in [6, 6.07) is 21.0. The highest BCUT2D eigenvalue weighted by atomic mass is 32.1. The number of benzene rings is 2. The van der Waals surface area contributed by atoms with Crippen molar-refractivity contribution in [2.45, 2.75) is 19.4 Å². The quantitative estimate of drug-likeness (QED) is 0.530. The molecule has 1 amide bonds. The Hall–Kier alpha value is -3.50. The van der Waals surface area contributed by atoms with Gasteiger partial charge in [0, 0.05) is 24.7 Å². The van der Waals surface area contributed by atoms with Gasteiger partial charge in [-0.15, -0.1) is 11.3 Å². The highest BCUT2D eigenvalue weighted by molar-refractivity contribution is 7.17. The molecule has 0 saturated heterocycles. The summed E-state index contributed by atoms with van der Waals surface area (Å²) in [7, 11) is 1.58. The van der Waals surface area contributed by atoms with Crippen LogP contribution in [0.2, 0.25) is 0 Å². The molecule has 0 saturated carbocycles. The molecule has 0 N–H and O–H groups in total. The summed E-state index contributed by atoms with van der Waals surface area (Å²) in [4.78, 5) is 31.8. The molecule has 30 heavy (non-hydrogen) atoms. The van der Waals surface area contributed by atoms with Crippen LogP contribution in [0.5, 0.6) is 0 Å². The van der Waals surface area contributed by atoms with E-state index in [0.29, 0.717) is 15.6 Å². The first-order valence-corrected chi connectivity index (χ1v) is 10.3. The third kappa shape index (κ3) is 4.91. The van der Waals surface area contributed by atoms with Gasteiger partial charge in [0.2, 0.25) is 0 Å². The van der Waals surface area contributed by atoms with Crippen molar-refractivity contribution in [2.75, 3.05) is 13.6 Å². The first-order chi connectivity index (χ1) is 14.5. The molecule has 2 aromatic carbocycles. The van der Waals surface area contributed by atoms with Crippen LogP contribution in [0.25, 0.3) is 21.8 Å². The van der Waals surface area contributed by atoms with Crippen LogP contribution in [-0.2, 0) is 9.53 Å². The lowest BCUT2D eigenvalue weighted by molar-refractivity contribution is -0.138. The lowest BCUT2D eigenvalue weighted by Crippen LogP contribution is -2.37. The maximum absolute atomic E-state index is 13.0. The number of rotatable bonds is 7. The van der Waals surface area contributed by atoms with Crippen molar-refractivity contribution in [3.8, 4) is 27.9 Å². The Morgan fingerprint density at radius 2 is 1.70 bits per heavy atom. The summed E-state index contributed by atoms with van der Waals surface area (Å²) in [5.41, 5.74) is 2.23. The largest absolute Gasteiger partial charge is 0.448 e. The van der Waals surface area contributed by atoms with Crippen LogP contribution in [-0.4, -0.2) is 41.5 Å². The van der Waals surface area contributed by atoms with E-state index in [0.717, 1.165) is 11.1 Å². The van der Waals surface area contributed by atoms with Gasteiger partial charge in [-0.25, -0.2) is 9.78 Å². The predicted octanol–water partition coefficient (Wildman–Crippen LogP) is 4.39. The molecule has 7 heteroatoms. The molecule has 0 spiro atoms. The number of likely N-dealkylation sites (N-methyl/N-ethyl adjacent to an activating group) is 1. The number of carbonyl (C=O) groups excluding carboxylic acids is 2. The topological polar surface area (TPSA) is 83.3 Å². The molecule has 0 radical (unpaired) electrons.